The minimum Gasteiger partial charge on any atom is -0.490 e. The summed E-state index contributed by atoms with van der Waals surface area (Å²) in [6, 6.07) is 22.2. The predicted octanol–water partition coefficient (Wildman–Crippen LogP) is 6.15. The summed E-state index contributed by atoms with van der Waals surface area (Å²) >= 11 is 4.50. The topological polar surface area (TPSA) is 140 Å². The lowest BCUT2D eigenvalue weighted by Crippen LogP contribution is -2.45. The SMILES string of the molecule is CCOc1cc([C@H]2NC(=O)NC(C)=C2C(=O)OC)ccc1OC[C@H](O)N/N=C\c1cc(I)c(OCc2cccc3ccccc23)c(I)c1. The molecule has 0 radical (unpaired) electrons. The summed E-state index contributed by atoms with van der Waals surface area (Å²) in [7, 11) is 1.28. The van der Waals surface area contributed by atoms with Crippen molar-refractivity contribution in [2.45, 2.75) is 32.7 Å². The summed E-state index contributed by atoms with van der Waals surface area (Å²) in [4.78, 5) is 24.7. The van der Waals surface area contributed by atoms with E-state index in [1.54, 1.807) is 31.3 Å². The molecule has 0 spiro atoms. The lowest BCUT2D eigenvalue weighted by molar-refractivity contribution is -0.136. The fraction of sp³-hybridized carbons (Fsp3) is 0.229. The molecular formula is C35H34I2N4O7. The monoisotopic (exact) mass is 876 g/mol. The molecule has 48 heavy (non-hydrogen) atoms. The van der Waals surface area contributed by atoms with Gasteiger partial charge < -0.3 is 34.7 Å². The number of carbonyl (C=O) groups excluding carboxylic acids is 2. The van der Waals surface area contributed by atoms with Crippen LogP contribution in [0.5, 0.6) is 17.2 Å². The van der Waals surface area contributed by atoms with E-state index in [-0.39, 0.29) is 12.2 Å². The first-order valence-electron chi connectivity index (χ1n) is 15.0. The van der Waals surface area contributed by atoms with Crippen molar-refractivity contribution >= 4 is 74.2 Å². The average molecular weight is 876 g/mol. The van der Waals surface area contributed by atoms with Crippen LogP contribution in [0.2, 0.25) is 0 Å². The van der Waals surface area contributed by atoms with Gasteiger partial charge in [0, 0.05) is 5.70 Å². The molecule has 11 nitrogen and oxygen atoms in total. The number of allylic oxidation sites excluding steroid dienone is 1. The number of nitrogens with zero attached hydrogens (tertiary/aromatic N) is 1. The number of hydrazone groups is 1. The molecule has 250 valence electrons. The number of rotatable bonds is 13. The molecule has 0 saturated heterocycles. The first kappa shape index (κ1) is 35.2. The van der Waals surface area contributed by atoms with Crippen molar-refractivity contribution < 1.29 is 33.6 Å². The summed E-state index contributed by atoms with van der Waals surface area (Å²) in [5.41, 5.74) is 5.89. The number of aliphatic hydroxyl groups is 1. The molecule has 0 aliphatic carbocycles. The van der Waals surface area contributed by atoms with Gasteiger partial charge in [-0.3, -0.25) is 5.43 Å². The number of methoxy groups -OCH3 is 1. The van der Waals surface area contributed by atoms with Gasteiger partial charge in [0.25, 0.3) is 0 Å². The van der Waals surface area contributed by atoms with Gasteiger partial charge in [0.15, 0.2) is 17.7 Å². The maximum absolute atomic E-state index is 12.5. The Morgan fingerprint density at radius 3 is 2.52 bits per heavy atom. The van der Waals surface area contributed by atoms with Gasteiger partial charge in [-0.2, -0.15) is 5.10 Å². The molecule has 1 heterocycles. The molecule has 1 aliphatic rings. The smallest absolute Gasteiger partial charge is 0.337 e. The molecule has 2 amide bonds. The number of carbonyl (C=O) groups is 2. The fourth-order valence-electron chi connectivity index (χ4n) is 5.18. The highest BCUT2D eigenvalue weighted by molar-refractivity contribution is 14.1. The third-order valence-electron chi connectivity index (χ3n) is 7.38. The van der Waals surface area contributed by atoms with Gasteiger partial charge in [0.2, 0.25) is 0 Å². The van der Waals surface area contributed by atoms with Crippen LogP contribution < -0.4 is 30.3 Å². The van der Waals surface area contributed by atoms with Crippen LogP contribution in [0.3, 0.4) is 0 Å². The van der Waals surface area contributed by atoms with Gasteiger partial charge in [0.1, 0.15) is 19.0 Å². The third kappa shape index (κ3) is 8.49. The zero-order valence-corrected chi connectivity index (χ0v) is 30.7. The number of halogens is 2. The Balaban J connectivity index is 1.19. The average Bonchev–Trinajstić information content (AvgIpc) is 3.07. The molecule has 5 rings (SSSR count). The Labute approximate surface area is 305 Å². The summed E-state index contributed by atoms with van der Waals surface area (Å²) < 4.78 is 24.7. The zero-order valence-electron chi connectivity index (χ0n) is 26.4. The minimum absolute atomic E-state index is 0.136. The van der Waals surface area contributed by atoms with Crippen LogP contribution in [0, 0.1) is 7.14 Å². The van der Waals surface area contributed by atoms with Crippen LogP contribution in [0.4, 0.5) is 4.79 Å². The number of hydrogen-bond donors (Lipinski definition) is 4. The fourth-order valence-corrected chi connectivity index (χ4v) is 7.31. The first-order chi connectivity index (χ1) is 23.2. The van der Waals surface area contributed by atoms with E-state index < -0.39 is 24.3 Å². The molecule has 0 unspecified atom stereocenters. The van der Waals surface area contributed by atoms with Gasteiger partial charge in [-0.05, 0) is 111 Å². The van der Waals surface area contributed by atoms with Crippen LogP contribution in [0.15, 0.2) is 89.2 Å². The normalized spacial score (nSPS) is 15.1. The summed E-state index contributed by atoms with van der Waals surface area (Å²) in [5.74, 6) is 0.985. The molecular weight excluding hydrogens is 842 g/mol. The number of aliphatic hydroxyl groups excluding tert-OH is 1. The number of fused-ring (bicyclic) bond motifs is 1. The van der Waals surface area contributed by atoms with Crippen LogP contribution in [0.25, 0.3) is 10.8 Å². The van der Waals surface area contributed by atoms with Crippen molar-refractivity contribution in [3.05, 3.63) is 108 Å². The number of hydrogen-bond acceptors (Lipinski definition) is 9. The van der Waals surface area contributed by atoms with E-state index in [0.717, 1.165) is 24.0 Å². The number of benzene rings is 4. The highest BCUT2D eigenvalue weighted by Crippen LogP contribution is 2.35. The Morgan fingerprint density at radius 1 is 1.02 bits per heavy atom. The molecule has 0 fully saturated rings. The van der Waals surface area contributed by atoms with Crippen LogP contribution in [0.1, 0.15) is 36.6 Å². The quantitative estimate of drug-likeness (QED) is 0.0413. The van der Waals surface area contributed by atoms with Crippen molar-refractivity contribution in [3.8, 4) is 17.2 Å². The number of urea groups is 1. The van der Waals surface area contributed by atoms with Gasteiger partial charge in [-0.1, -0.05) is 48.5 Å². The van der Waals surface area contributed by atoms with Crippen molar-refractivity contribution in [2.75, 3.05) is 20.3 Å². The Morgan fingerprint density at radius 2 is 1.77 bits per heavy atom. The maximum Gasteiger partial charge on any atom is 0.337 e. The van der Waals surface area contributed by atoms with Gasteiger partial charge in [-0.15, -0.1) is 0 Å². The van der Waals surface area contributed by atoms with Crippen LogP contribution in [-0.4, -0.2) is 49.9 Å². The Hall–Kier alpha value is -4.09. The molecule has 2 atom stereocenters. The van der Waals surface area contributed by atoms with E-state index in [0.29, 0.717) is 36.0 Å². The highest BCUT2D eigenvalue weighted by Gasteiger charge is 2.32. The number of ether oxygens (including phenoxy) is 4. The number of amides is 2. The lowest BCUT2D eigenvalue weighted by Gasteiger charge is -2.28. The zero-order chi connectivity index (χ0) is 34.2. The van der Waals surface area contributed by atoms with Gasteiger partial charge >= 0.3 is 12.0 Å². The maximum atomic E-state index is 12.5. The summed E-state index contributed by atoms with van der Waals surface area (Å²) in [5, 5.41) is 22.4. The van der Waals surface area contributed by atoms with Gasteiger partial charge in [0.05, 0.1) is 38.7 Å². The van der Waals surface area contributed by atoms with E-state index in [1.165, 1.54) is 17.9 Å². The second-order valence-electron chi connectivity index (χ2n) is 10.7. The van der Waals surface area contributed by atoms with E-state index >= 15 is 0 Å². The summed E-state index contributed by atoms with van der Waals surface area (Å²) in [6.45, 7) is 4.11. The summed E-state index contributed by atoms with van der Waals surface area (Å²) in [6.07, 6.45) is 0.488. The molecule has 4 aromatic carbocycles. The molecule has 0 bridgehead atoms. The third-order valence-corrected chi connectivity index (χ3v) is 8.98. The van der Waals surface area contributed by atoms with E-state index in [9.17, 15) is 14.7 Å². The molecule has 0 aromatic heterocycles. The number of esters is 1. The molecule has 4 N–H and O–H groups in total. The van der Waals surface area contributed by atoms with Crippen molar-refractivity contribution in [3.63, 3.8) is 0 Å². The lowest BCUT2D eigenvalue weighted by atomic mass is 9.95. The van der Waals surface area contributed by atoms with E-state index in [1.807, 2.05) is 37.3 Å². The second-order valence-corrected chi connectivity index (χ2v) is 13.0. The van der Waals surface area contributed by atoms with Crippen molar-refractivity contribution in [1.82, 2.24) is 16.1 Å². The van der Waals surface area contributed by atoms with Crippen LogP contribution in [-0.2, 0) is 16.1 Å². The minimum atomic E-state index is -1.13. The molecule has 13 heteroatoms. The van der Waals surface area contributed by atoms with Crippen molar-refractivity contribution in [1.29, 1.82) is 0 Å². The standard InChI is InChI=1S/C35H34I2N4O7/c1-4-46-29-16-23(32-31(34(43)45-3)20(2)39-35(44)40-32)12-13-28(29)47-19-30(42)41-38-17-21-14-26(36)33(27(37)15-21)48-18-24-10-7-9-22-8-5-6-11-25(22)24/h5-17,30,32,41-42H,4,18-19H2,1-3H3,(H2,39,40,44)/b38-17-/t30-,32+/m0/s1. The largest absolute Gasteiger partial charge is 0.490 e. The Kier molecular flexibility index (Phi) is 12.0. The van der Waals surface area contributed by atoms with Crippen LogP contribution >= 0.6 is 45.2 Å². The first-order valence-corrected chi connectivity index (χ1v) is 17.2. The highest BCUT2D eigenvalue weighted by atomic mass is 127. The van der Waals surface area contributed by atoms with E-state index in [2.05, 4.69) is 90.6 Å². The Bertz CT molecular complexity index is 1850. The predicted molar refractivity (Wildman–Crippen MR) is 199 cm³/mol. The number of nitrogens with one attached hydrogen (secondary N) is 3. The molecule has 1 aliphatic heterocycles. The van der Waals surface area contributed by atoms with Gasteiger partial charge in [-0.25, -0.2) is 9.59 Å². The van der Waals surface area contributed by atoms with E-state index in [4.69, 9.17) is 18.9 Å². The molecule has 4 aromatic rings. The second kappa shape index (κ2) is 16.3. The van der Waals surface area contributed by atoms with Crippen molar-refractivity contribution in [2.24, 2.45) is 5.10 Å². The molecule has 0 saturated carbocycles.